The zero-order valence-electron chi connectivity index (χ0n) is 15.1. The molecule has 1 saturated heterocycles. The molecule has 1 aromatic carbocycles. The van der Waals surface area contributed by atoms with E-state index in [1.807, 2.05) is 12.1 Å². The van der Waals surface area contributed by atoms with Crippen molar-refractivity contribution in [2.75, 3.05) is 44.8 Å². The van der Waals surface area contributed by atoms with Gasteiger partial charge in [0, 0.05) is 30.9 Å². The predicted molar refractivity (Wildman–Crippen MR) is 103 cm³/mol. The van der Waals surface area contributed by atoms with E-state index in [1.165, 1.54) is 16.8 Å². The maximum absolute atomic E-state index is 6.28. The SMILES string of the molecule is CN1CCc2ccc(N3CCOCC3)cc2C1c1ccc2cccc-2o1. The van der Waals surface area contributed by atoms with Gasteiger partial charge in [0.15, 0.2) is 0 Å². The molecule has 3 aliphatic heterocycles. The van der Waals surface area contributed by atoms with Crippen molar-refractivity contribution in [3.05, 3.63) is 65.4 Å². The fourth-order valence-corrected chi connectivity index (χ4v) is 4.24. The van der Waals surface area contributed by atoms with Crippen molar-refractivity contribution in [2.45, 2.75) is 12.5 Å². The van der Waals surface area contributed by atoms with Gasteiger partial charge in [-0.1, -0.05) is 18.2 Å². The highest BCUT2D eigenvalue weighted by Gasteiger charge is 2.29. The Morgan fingerprint density at radius 3 is 2.73 bits per heavy atom. The van der Waals surface area contributed by atoms with Gasteiger partial charge in [-0.05, 0) is 54.9 Å². The Bertz CT molecular complexity index is 881. The normalized spacial score (nSPS) is 21.1. The summed E-state index contributed by atoms with van der Waals surface area (Å²) in [5.74, 6) is 1.98. The van der Waals surface area contributed by atoms with E-state index in [2.05, 4.69) is 53.2 Å². The average molecular weight is 348 g/mol. The Morgan fingerprint density at radius 1 is 0.962 bits per heavy atom. The molecular weight excluding hydrogens is 324 g/mol. The lowest BCUT2D eigenvalue weighted by molar-refractivity contribution is 0.122. The van der Waals surface area contributed by atoms with Crippen molar-refractivity contribution in [2.24, 2.45) is 0 Å². The third-order valence-corrected chi connectivity index (χ3v) is 5.71. The molecule has 134 valence electrons. The summed E-state index contributed by atoms with van der Waals surface area (Å²) in [7, 11) is 2.19. The summed E-state index contributed by atoms with van der Waals surface area (Å²) in [5, 5.41) is 0. The zero-order chi connectivity index (χ0) is 17.5. The second-order valence-electron chi connectivity index (χ2n) is 7.30. The number of ether oxygens (including phenoxy) is 1. The van der Waals surface area contributed by atoms with Crippen LogP contribution in [0.2, 0.25) is 0 Å². The van der Waals surface area contributed by atoms with Crippen LogP contribution in [0.25, 0.3) is 11.3 Å². The minimum atomic E-state index is 0.166. The highest BCUT2D eigenvalue weighted by Crippen LogP contribution is 2.38. The summed E-state index contributed by atoms with van der Waals surface area (Å²) < 4.78 is 11.8. The van der Waals surface area contributed by atoms with Gasteiger partial charge >= 0.3 is 0 Å². The number of rotatable bonds is 2. The number of hydrogen-bond donors (Lipinski definition) is 0. The van der Waals surface area contributed by atoms with Crippen LogP contribution in [0.3, 0.4) is 0 Å². The van der Waals surface area contributed by atoms with Crippen LogP contribution in [0.15, 0.2) is 52.9 Å². The molecule has 5 rings (SSSR count). The van der Waals surface area contributed by atoms with E-state index >= 15 is 0 Å². The molecule has 1 fully saturated rings. The number of anilines is 1. The molecule has 1 atom stereocenters. The van der Waals surface area contributed by atoms with Gasteiger partial charge in [-0.15, -0.1) is 0 Å². The van der Waals surface area contributed by atoms with Crippen LogP contribution >= 0.6 is 0 Å². The molecule has 4 nitrogen and oxygen atoms in total. The molecule has 0 radical (unpaired) electrons. The molecule has 1 unspecified atom stereocenters. The van der Waals surface area contributed by atoms with Gasteiger partial charge in [0.2, 0.25) is 0 Å². The van der Waals surface area contributed by atoms with Crippen LogP contribution in [-0.4, -0.2) is 44.8 Å². The molecule has 0 aromatic heterocycles. The number of hydrogen-bond acceptors (Lipinski definition) is 4. The Hall–Kier alpha value is -2.30. The molecule has 4 heteroatoms. The van der Waals surface area contributed by atoms with Crippen LogP contribution in [0.4, 0.5) is 5.69 Å². The first kappa shape index (κ1) is 15.9. The molecule has 26 heavy (non-hydrogen) atoms. The minimum absolute atomic E-state index is 0.166. The third kappa shape index (κ3) is 2.70. The van der Waals surface area contributed by atoms with E-state index < -0.39 is 0 Å². The van der Waals surface area contributed by atoms with Crippen LogP contribution in [0.5, 0.6) is 0 Å². The monoisotopic (exact) mass is 348 g/mol. The number of morpholine rings is 1. The van der Waals surface area contributed by atoms with E-state index in [4.69, 9.17) is 9.15 Å². The van der Waals surface area contributed by atoms with Gasteiger partial charge in [0.25, 0.3) is 0 Å². The fourth-order valence-electron chi connectivity index (χ4n) is 4.24. The Labute approximate surface area is 154 Å². The van der Waals surface area contributed by atoms with Crippen molar-refractivity contribution >= 4 is 5.69 Å². The maximum atomic E-state index is 6.28. The highest BCUT2D eigenvalue weighted by atomic mass is 16.5. The molecule has 0 N–H and O–H groups in total. The van der Waals surface area contributed by atoms with Gasteiger partial charge in [-0.2, -0.15) is 0 Å². The first-order valence-corrected chi connectivity index (χ1v) is 9.44. The Balaban J connectivity index is 1.57. The standard InChI is InChI=1S/C22H24N2O2/c1-23-10-9-16-5-7-18(24-11-13-25-14-12-24)15-19(16)22(23)21-8-6-17-3-2-4-20(17)26-21/h2-8,15,22H,9-14H2,1H3. The minimum Gasteiger partial charge on any atom is -0.459 e. The molecular formula is C22H24N2O2. The lowest BCUT2D eigenvalue weighted by atomic mass is 9.90. The molecule has 1 aliphatic carbocycles. The average Bonchev–Trinajstić information content (AvgIpc) is 3.16. The largest absolute Gasteiger partial charge is 0.459 e. The molecule has 0 saturated carbocycles. The van der Waals surface area contributed by atoms with E-state index in [-0.39, 0.29) is 6.04 Å². The van der Waals surface area contributed by atoms with E-state index in [0.29, 0.717) is 0 Å². The molecule has 1 aromatic rings. The van der Waals surface area contributed by atoms with Crippen molar-refractivity contribution in [3.63, 3.8) is 0 Å². The van der Waals surface area contributed by atoms with Gasteiger partial charge in [-0.25, -0.2) is 0 Å². The first-order valence-electron chi connectivity index (χ1n) is 9.44. The van der Waals surface area contributed by atoms with E-state index in [9.17, 15) is 0 Å². The summed E-state index contributed by atoms with van der Waals surface area (Å²) >= 11 is 0. The topological polar surface area (TPSA) is 28.9 Å². The Morgan fingerprint density at radius 2 is 1.85 bits per heavy atom. The van der Waals surface area contributed by atoms with Crippen LogP contribution in [-0.2, 0) is 11.2 Å². The van der Waals surface area contributed by atoms with Crippen molar-refractivity contribution in [1.82, 2.24) is 4.90 Å². The summed E-state index contributed by atoms with van der Waals surface area (Å²) in [6, 6.07) is 17.6. The second kappa shape index (κ2) is 6.45. The van der Waals surface area contributed by atoms with Crippen LogP contribution in [0.1, 0.15) is 22.9 Å². The predicted octanol–water partition coefficient (Wildman–Crippen LogP) is 3.80. The van der Waals surface area contributed by atoms with Crippen LogP contribution < -0.4 is 4.90 Å². The van der Waals surface area contributed by atoms with Crippen molar-refractivity contribution < 1.29 is 9.15 Å². The molecule has 4 aliphatic rings. The van der Waals surface area contributed by atoms with Crippen molar-refractivity contribution in [3.8, 4) is 11.3 Å². The molecule has 3 heterocycles. The summed E-state index contributed by atoms with van der Waals surface area (Å²) in [6.07, 6.45) is 1.09. The number of likely N-dealkylation sites (N-methyl/N-ethyl adjacent to an activating group) is 1. The summed E-state index contributed by atoms with van der Waals surface area (Å²) in [5.41, 5.74) is 5.26. The van der Waals surface area contributed by atoms with E-state index in [1.54, 1.807) is 0 Å². The zero-order valence-corrected chi connectivity index (χ0v) is 15.1. The van der Waals surface area contributed by atoms with Gasteiger partial charge in [0.05, 0.1) is 19.3 Å². The fraction of sp³-hybridized carbons (Fsp3) is 0.364. The first-order chi connectivity index (χ1) is 12.8. The second-order valence-corrected chi connectivity index (χ2v) is 7.30. The third-order valence-electron chi connectivity index (χ3n) is 5.71. The summed E-state index contributed by atoms with van der Waals surface area (Å²) in [6.45, 7) is 4.59. The summed E-state index contributed by atoms with van der Waals surface area (Å²) in [4.78, 5) is 4.83. The number of fused-ring (bicyclic) bond motifs is 2. The van der Waals surface area contributed by atoms with Gasteiger partial charge in [-0.3, -0.25) is 4.90 Å². The molecule has 0 bridgehead atoms. The number of nitrogens with zero attached hydrogens (tertiary/aromatic N) is 2. The Kier molecular flexibility index (Phi) is 3.95. The van der Waals surface area contributed by atoms with Gasteiger partial charge < -0.3 is 14.1 Å². The van der Waals surface area contributed by atoms with Gasteiger partial charge in [0.1, 0.15) is 11.5 Å². The molecule has 0 spiro atoms. The smallest absolute Gasteiger partial charge is 0.134 e. The van der Waals surface area contributed by atoms with E-state index in [0.717, 1.165) is 56.4 Å². The lowest BCUT2D eigenvalue weighted by Crippen LogP contribution is -2.37. The number of benzene rings is 1. The molecule has 0 amide bonds. The lowest BCUT2D eigenvalue weighted by Gasteiger charge is -2.36. The highest BCUT2D eigenvalue weighted by molar-refractivity contribution is 5.60. The van der Waals surface area contributed by atoms with Crippen LogP contribution in [0, 0.1) is 0 Å². The van der Waals surface area contributed by atoms with Crippen molar-refractivity contribution in [1.29, 1.82) is 0 Å². The maximum Gasteiger partial charge on any atom is 0.134 e. The quantitative estimate of drug-likeness (QED) is 0.704.